The van der Waals surface area contributed by atoms with Gasteiger partial charge in [-0.1, -0.05) is 149 Å². The molecule has 0 aliphatic rings. The van der Waals surface area contributed by atoms with Crippen LogP contribution in [0.15, 0.2) is 97.1 Å². The number of unbranched alkanes of at least 4 members (excludes halogenated alkanes) is 4. The summed E-state index contributed by atoms with van der Waals surface area (Å²) in [6.07, 6.45) is 19.0. The van der Waals surface area contributed by atoms with E-state index in [1.807, 2.05) is 0 Å². The van der Waals surface area contributed by atoms with E-state index in [4.69, 9.17) is 0 Å². The quantitative estimate of drug-likeness (QED) is 0.0868. The largest absolute Gasteiger partial charge is 0.0654 e. The monoisotopic (exact) mass is 522 g/mol. The van der Waals surface area contributed by atoms with Crippen LogP contribution in [0.5, 0.6) is 0 Å². The Morgan fingerprint density at radius 3 is 1.18 bits per heavy atom. The van der Waals surface area contributed by atoms with Crippen LogP contribution in [-0.2, 0) is 12.8 Å². The third-order valence-corrected chi connectivity index (χ3v) is 7.92. The molecule has 0 aliphatic carbocycles. The summed E-state index contributed by atoms with van der Waals surface area (Å²) in [5.74, 6) is 0. The highest BCUT2D eigenvalue weighted by atomic mass is 14.1. The van der Waals surface area contributed by atoms with Crippen molar-refractivity contribution >= 4 is 45.8 Å². The van der Waals surface area contributed by atoms with Crippen molar-refractivity contribution in [1.82, 2.24) is 0 Å². The van der Waals surface area contributed by atoms with Gasteiger partial charge in [-0.15, -0.1) is 0 Å². The second-order valence-corrected chi connectivity index (χ2v) is 11.1. The highest BCUT2D eigenvalue weighted by Gasteiger charge is 2.03. The van der Waals surface area contributed by atoms with Crippen molar-refractivity contribution in [3.8, 4) is 0 Å². The number of benzene rings is 5. The molecule has 0 atom stereocenters. The molecule has 0 N–H and O–H groups in total. The molecule has 0 aromatic heterocycles. The Morgan fingerprint density at radius 2 is 0.775 bits per heavy atom. The first kappa shape index (κ1) is 27.7. The van der Waals surface area contributed by atoms with Crippen molar-refractivity contribution in [3.05, 3.63) is 130 Å². The van der Waals surface area contributed by atoms with Crippen molar-refractivity contribution in [3.63, 3.8) is 0 Å². The maximum atomic E-state index is 2.30. The zero-order valence-electron chi connectivity index (χ0n) is 24.2. The van der Waals surface area contributed by atoms with Gasteiger partial charge in [-0.05, 0) is 92.7 Å². The number of rotatable bonds is 12. The van der Waals surface area contributed by atoms with E-state index in [-0.39, 0.29) is 0 Å². The van der Waals surface area contributed by atoms with Crippen LogP contribution in [0.3, 0.4) is 0 Å². The van der Waals surface area contributed by atoms with E-state index in [9.17, 15) is 0 Å². The van der Waals surface area contributed by atoms with E-state index < -0.39 is 0 Å². The van der Waals surface area contributed by atoms with Crippen molar-refractivity contribution in [2.24, 2.45) is 0 Å². The van der Waals surface area contributed by atoms with Gasteiger partial charge in [0.1, 0.15) is 0 Å². The standard InChI is InChI=1S/C40H42/c1-3-5-7-9-31-11-15-33(16-12-31)19-21-35-23-27-39-37(29-35)25-26-38-30-36(24-28-40(38)39)22-20-34-17-13-32(14-18-34)10-8-6-4-2/h11-30H,3-10H2,1-2H3/b21-19+,22-20+. The number of hydrogen-bond donors (Lipinski definition) is 0. The molecule has 5 aromatic carbocycles. The zero-order chi connectivity index (χ0) is 27.6. The third kappa shape index (κ3) is 7.39. The Labute approximate surface area is 241 Å². The third-order valence-electron chi connectivity index (χ3n) is 7.92. The van der Waals surface area contributed by atoms with Crippen LogP contribution in [0.2, 0.25) is 0 Å². The molecule has 0 saturated carbocycles. The summed E-state index contributed by atoms with van der Waals surface area (Å²) < 4.78 is 0. The lowest BCUT2D eigenvalue weighted by Crippen LogP contribution is -1.85. The minimum absolute atomic E-state index is 1.18. The van der Waals surface area contributed by atoms with Crippen LogP contribution in [0.25, 0.3) is 45.8 Å². The van der Waals surface area contributed by atoms with Crippen molar-refractivity contribution in [2.75, 3.05) is 0 Å². The summed E-state index contributed by atoms with van der Waals surface area (Å²) in [5.41, 5.74) is 7.84. The van der Waals surface area contributed by atoms with Crippen molar-refractivity contribution < 1.29 is 0 Å². The topological polar surface area (TPSA) is 0 Å². The molecule has 0 unspecified atom stereocenters. The van der Waals surface area contributed by atoms with Gasteiger partial charge in [-0.2, -0.15) is 0 Å². The maximum absolute atomic E-state index is 2.30. The average Bonchev–Trinajstić information content (AvgIpc) is 3.00. The summed E-state index contributed by atoms with van der Waals surface area (Å²) in [7, 11) is 0. The smallest absolute Gasteiger partial charge is 0.0105 e. The van der Waals surface area contributed by atoms with Crippen molar-refractivity contribution in [1.29, 1.82) is 0 Å². The van der Waals surface area contributed by atoms with Crippen LogP contribution in [0.4, 0.5) is 0 Å². The van der Waals surface area contributed by atoms with Gasteiger partial charge in [0.15, 0.2) is 0 Å². The Hall–Kier alpha value is -3.90. The molecule has 0 saturated heterocycles. The Kier molecular flexibility index (Phi) is 9.64. The minimum Gasteiger partial charge on any atom is -0.0654 e. The lowest BCUT2D eigenvalue weighted by atomic mass is 9.98. The number of aryl methyl sites for hydroxylation is 2. The van der Waals surface area contributed by atoms with E-state index in [1.54, 1.807) is 0 Å². The van der Waals surface area contributed by atoms with Gasteiger partial charge in [0, 0.05) is 0 Å². The first-order chi connectivity index (χ1) is 19.7. The zero-order valence-corrected chi connectivity index (χ0v) is 24.2. The molecule has 0 nitrogen and oxygen atoms in total. The van der Waals surface area contributed by atoms with Crippen LogP contribution >= 0.6 is 0 Å². The molecule has 5 rings (SSSR count). The van der Waals surface area contributed by atoms with E-state index >= 15 is 0 Å². The van der Waals surface area contributed by atoms with E-state index in [1.165, 1.54) is 106 Å². The van der Waals surface area contributed by atoms with Gasteiger partial charge in [0.05, 0.1) is 0 Å². The molecule has 5 aromatic rings. The molecule has 0 heterocycles. The summed E-state index contributed by atoms with van der Waals surface area (Å²) in [6.45, 7) is 4.52. The Morgan fingerprint density at radius 1 is 0.400 bits per heavy atom. The molecule has 40 heavy (non-hydrogen) atoms. The van der Waals surface area contributed by atoms with Crippen LogP contribution in [0, 0.1) is 0 Å². The van der Waals surface area contributed by atoms with Crippen LogP contribution < -0.4 is 0 Å². The summed E-state index contributed by atoms with van der Waals surface area (Å²) in [5, 5.41) is 5.17. The Bertz CT molecular complexity index is 1460. The van der Waals surface area contributed by atoms with Gasteiger partial charge in [0.2, 0.25) is 0 Å². The maximum Gasteiger partial charge on any atom is -0.0105 e. The SMILES string of the molecule is CCCCCc1ccc(/C=C/c2ccc3c(ccc4cc(/C=C/c5ccc(CCCCC)cc5)ccc43)c2)cc1. The van der Waals surface area contributed by atoms with Gasteiger partial charge in [0.25, 0.3) is 0 Å². The molecule has 0 radical (unpaired) electrons. The summed E-state index contributed by atoms with van der Waals surface area (Å²) in [4.78, 5) is 0. The van der Waals surface area contributed by atoms with Gasteiger partial charge in [-0.25, -0.2) is 0 Å². The summed E-state index contributed by atoms with van der Waals surface area (Å²) in [6, 6.07) is 36.2. The molecule has 0 spiro atoms. The number of hydrogen-bond acceptors (Lipinski definition) is 0. The molecule has 0 amide bonds. The summed E-state index contributed by atoms with van der Waals surface area (Å²) >= 11 is 0. The molecular formula is C40H42. The highest BCUT2D eigenvalue weighted by molar-refractivity contribution is 6.08. The predicted molar refractivity (Wildman–Crippen MR) is 179 cm³/mol. The second-order valence-electron chi connectivity index (χ2n) is 11.1. The normalized spacial score (nSPS) is 11.8. The Balaban J connectivity index is 1.26. The second kappa shape index (κ2) is 13.9. The fourth-order valence-corrected chi connectivity index (χ4v) is 5.45. The molecule has 0 fully saturated rings. The fourth-order valence-electron chi connectivity index (χ4n) is 5.45. The van der Waals surface area contributed by atoms with Crippen LogP contribution in [-0.4, -0.2) is 0 Å². The fraction of sp³-hybridized carbons (Fsp3) is 0.250. The van der Waals surface area contributed by atoms with Crippen molar-refractivity contribution in [2.45, 2.75) is 65.2 Å². The van der Waals surface area contributed by atoms with Crippen LogP contribution in [0.1, 0.15) is 85.8 Å². The van der Waals surface area contributed by atoms with Gasteiger partial charge in [-0.3, -0.25) is 0 Å². The van der Waals surface area contributed by atoms with E-state index in [2.05, 4.69) is 135 Å². The molecule has 0 heteroatoms. The first-order valence-corrected chi connectivity index (χ1v) is 15.2. The van der Waals surface area contributed by atoms with Gasteiger partial charge < -0.3 is 0 Å². The van der Waals surface area contributed by atoms with Gasteiger partial charge >= 0.3 is 0 Å². The molecule has 202 valence electrons. The molecular weight excluding hydrogens is 480 g/mol. The molecule has 0 aliphatic heterocycles. The average molecular weight is 523 g/mol. The van der Waals surface area contributed by atoms with E-state index in [0.29, 0.717) is 0 Å². The lowest BCUT2D eigenvalue weighted by molar-refractivity contribution is 0.717. The van der Waals surface area contributed by atoms with E-state index in [0.717, 1.165) is 0 Å². The predicted octanol–water partition coefficient (Wildman–Crippen LogP) is 11.8. The molecule has 0 bridgehead atoms. The minimum atomic E-state index is 1.18. The lowest BCUT2D eigenvalue weighted by Gasteiger charge is -2.07. The number of fused-ring (bicyclic) bond motifs is 3. The highest BCUT2D eigenvalue weighted by Crippen LogP contribution is 2.28. The first-order valence-electron chi connectivity index (χ1n) is 15.2.